The van der Waals surface area contributed by atoms with Gasteiger partial charge in [-0.15, -0.1) is 23.5 Å². The zero-order chi connectivity index (χ0) is 23.5. The Morgan fingerprint density at radius 2 is 1.16 bits per heavy atom. The standard InChI is InChI=1S/C19H40N4O6S2/c1-14(26)9-22-18(28)16(20-5-3-7-24)11-30-13-31-12-17(21-6-4-8-25)19(29)23-10-15(2)27/h14-17,20-21,24-27H,3-13H2,1-2H3,(H,22,28)(H,23,29)/t14-,15-,16-,17-/m0/s1. The summed E-state index contributed by atoms with van der Waals surface area (Å²) in [6, 6.07) is -0.882. The van der Waals surface area contributed by atoms with Crippen LogP contribution in [-0.2, 0) is 9.59 Å². The monoisotopic (exact) mass is 484 g/mol. The highest BCUT2D eigenvalue weighted by molar-refractivity contribution is 8.16. The van der Waals surface area contributed by atoms with E-state index >= 15 is 0 Å². The van der Waals surface area contributed by atoms with Crippen LogP contribution in [0.15, 0.2) is 0 Å². The van der Waals surface area contributed by atoms with Gasteiger partial charge in [-0.25, -0.2) is 0 Å². The number of nitrogens with one attached hydrogen (secondary N) is 4. The fourth-order valence-corrected chi connectivity index (χ4v) is 4.55. The third-order valence-corrected chi connectivity index (χ3v) is 6.43. The van der Waals surface area contributed by atoms with Crippen molar-refractivity contribution in [1.82, 2.24) is 21.3 Å². The minimum absolute atomic E-state index is 0.0415. The van der Waals surface area contributed by atoms with E-state index in [1.165, 1.54) is 0 Å². The van der Waals surface area contributed by atoms with E-state index in [2.05, 4.69) is 21.3 Å². The van der Waals surface area contributed by atoms with Crippen molar-refractivity contribution >= 4 is 35.3 Å². The molecule has 0 spiro atoms. The number of thioether (sulfide) groups is 2. The van der Waals surface area contributed by atoms with E-state index in [4.69, 9.17) is 10.2 Å². The van der Waals surface area contributed by atoms with Crippen LogP contribution in [-0.4, -0.2) is 113 Å². The van der Waals surface area contributed by atoms with Crippen molar-refractivity contribution in [2.45, 2.75) is 51.0 Å². The van der Waals surface area contributed by atoms with Gasteiger partial charge in [-0.3, -0.25) is 9.59 Å². The van der Waals surface area contributed by atoms with Gasteiger partial charge in [0.2, 0.25) is 11.8 Å². The first-order valence-electron chi connectivity index (χ1n) is 10.6. The Kier molecular flexibility index (Phi) is 19.7. The van der Waals surface area contributed by atoms with E-state index in [9.17, 15) is 19.8 Å². The summed E-state index contributed by atoms with van der Waals surface area (Å²) in [6.07, 6.45) is -0.161. The lowest BCUT2D eigenvalue weighted by molar-refractivity contribution is -0.123. The predicted molar refractivity (Wildman–Crippen MR) is 126 cm³/mol. The first kappa shape index (κ1) is 30.4. The molecule has 0 bridgehead atoms. The van der Waals surface area contributed by atoms with Crippen molar-refractivity contribution in [3.63, 3.8) is 0 Å². The molecule has 31 heavy (non-hydrogen) atoms. The molecule has 0 rings (SSSR count). The van der Waals surface area contributed by atoms with Crippen LogP contribution in [0.1, 0.15) is 26.7 Å². The van der Waals surface area contributed by atoms with Crippen LogP contribution in [0.25, 0.3) is 0 Å². The van der Waals surface area contributed by atoms with Crippen molar-refractivity contribution in [2.24, 2.45) is 0 Å². The average Bonchev–Trinajstić information content (AvgIpc) is 2.73. The van der Waals surface area contributed by atoms with Crippen molar-refractivity contribution in [1.29, 1.82) is 0 Å². The zero-order valence-corrected chi connectivity index (χ0v) is 20.1. The number of aliphatic hydroxyl groups is 4. The molecule has 12 heteroatoms. The van der Waals surface area contributed by atoms with E-state index < -0.39 is 24.3 Å². The SMILES string of the molecule is C[C@H](O)CNC(=O)[C@H](CSCSC[C@H](NCCCO)C(=O)NC[C@H](C)O)NCCCO. The Morgan fingerprint density at radius 3 is 1.48 bits per heavy atom. The van der Waals surface area contributed by atoms with Crippen LogP contribution in [0.2, 0.25) is 0 Å². The fraction of sp³-hybridized carbons (Fsp3) is 0.895. The summed E-state index contributed by atoms with van der Waals surface area (Å²) in [5.41, 5.74) is 0. The average molecular weight is 485 g/mol. The van der Waals surface area contributed by atoms with Gasteiger partial charge in [0.1, 0.15) is 0 Å². The number of carbonyl (C=O) groups is 2. The molecule has 4 atom stereocenters. The first-order chi connectivity index (χ1) is 14.8. The Bertz CT molecular complexity index is 435. The number of hydrogen-bond donors (Lipinski definition) is 8. The van der Waals surface area contributed by atoms with Gasteiger partial charge < -0.3 is 41.7 Å². The number of amides is 2. The summed E-state index contributed by atoms with van der Waals surface area (Å²) in [7, 11) is 0. The fourth-order valence-electron chi connectivity index (χ4n) is 2.30. The second kappa shape index (κ2) is 20.0. The lowest BCUT2D eigenvalue weighted by Gasteiger charge is -2.20. The molecule has 0 unspecified atom stereocenters. The van der Waals surface area contributed by atoms with E-state index in [0.29, 0.717) is 42.5 Å². The van der Waals surface area contributed by atoms with Gasteiger partial charge in [-0.2, -0.15) is 0 Å². The molecular formula is C19H40N4O6S2. The molecule has 0 saturated heterocycles. The molecule has 184 valence electrons. The summed E-state index contributed by atoms with van der Waals surface area (Å²) in [5, 5.41) is 48.9. The highest BCUT2D eigenvalue weighted by Crippen LogP contribution is 2.15. The molecule has 0 heterocycles. The van der Waals surface area contributed by atoms with Crippen molar-refractivity contribution in [3.05, 3.63) is 0 Å². The van der Waals surface area contributed by atoms with Crippen LogP contribution in [0, 0.1) is 0 Å². The molecule has 8 N–H and O–H groups in total. The van der Waals surface area contributed by atoms with Gasteiger partial charge in [0, 0.05) is 42.9 Å². The second-order valence-corrected chi connectivity index (χ2v) is 9.64. The third-order valence-electron chi connectivity index (χ3n) is 3.96. The van der Waals surface area contributed by atoms with Gasteiger partial charge in [0.15, 0.2) is 0 Å². The predicted octanol–water partition coefficient (Wildman–Crippen LogP) is -1.91. The molecule has 2 amide bonds. The maximum atomic E-state index is 12.3. The number of carbonyl (C=O) groups excluding carboxylic acids is 2. The minimum Gasteiger partial charge on any atom is -0.396 e. The topological polar surface area (TPSA) is 163 Å². The summed E-state index contributed by atoms with van der Waals surface area (Å²) < 4.78 is 0. The largest absolute Gasteiger partial charge is 0.396 e. The minimum atomic E-state index is -0.625. The number of rotatable bonds is 20. The molecule has 0 aliphatic carbocycles. The van der Waals surface area contributed by atoms with Gasteiger partial charge in [-0.1, -0.05) is 0 Å². The molecule has 10 nitrogen and oxygen atoms in total. The van der Waals surface area contributed by atoms with Crippen molar-refractivity contribution in [3.8, 4) is 0 Å². The molecule has 0 aliphatic heterocycles. The van der Waals surface area contributed by atoms with E-state index in [-0.39, 0.29) is 38.1 Å². The van der Waals surface area contributed by atoms with Crippen LogP contribution in [0.5, 0.6) is 0 Å². The summed E-state index contributed by atoms with van der Waals surface area (Å²) in [5.74, 6) is 0.636. The molecule has 0 aromatic rings. The molecule has 0 radical (unpaired) electrons. The molecule has 0 saturated carbocycles. The number of hydrogen-bond acceptors (Lipinski definition) is 10. The first-order valence-corrected chi connectivity index (χ1v) is 12.9. The highest BCUT2D eigenvalue weighted by Gasteiger charge is 2.20. The Labute approximate surface area is 193 Å². The van der Waals surface area contributed by atoms with Crippen molar-refractivity contribution in [2.75, 3.05) is 56.0 Å². The number of aliphatic hydroxyl groups excluding tert-OH is 4. The summed E-state index contributed by atoms with van der Waals surface area (Å²) >= 11 is 3.11. The van der Waals surface area contributed by atoms with Crippen LogP contribution in [0.4, 0.5) is 0 Å². The lowest BCUT2D eigenvalue weighted by atomic mass is 10.3. The third kappa shape index (κ3) is 17.6. The second-order valence-electron chi connectivity index (χ2n) is 7.22. The Morgan fingerprint density at radius 1 is 0.774 bits per heavy atom. The Balaban J connectivity index is 4.45. The normalized spacial score (nSPS) is 15.2. The van der Waals surface area contributed by atoms with Crippen LogP contribution in [0.3, 0.4) is 0 Å². The van der Waals surface area contributed by atoms with Gasteiger partial charge in [0.25, 0.3) is 0 Å². The van der Waals surface area contributed by atoms with Crippen LogP contribution >= 0.6 is 23.5 Å². The maximum absolute atomic E-state index is 12.3. The van der Waals surface area contributed by atoms with Crippen molar-refractivity contribution < 1.29 is 30.0 Å². The Hall–Kier alpha value is -0.600. The highest BCUT2D eigenvalue weighted by atomic mass is 32.2. The van der Waals surface area contributed by atoms with E-state index in [1.54, 1.807) is 37.4 Å². The molecule has 0 aromatic carbocycles. The van der Waals surface area contributed by atoms with E-state index in [1.807, 2.05) is 0 Å². The van der Waals surface area contributed by atoms with E-state index in [0.717, 1.165) is 0 Å². The maximum Gasteiger partial charge on any atom is 0.238 e. The molecular weight excluding hydrogens is 444 g/mol. The molecule has 0 aliphatic rings. The van der Waals surface area contributed by atoms with Gasteiger partial charge in [0.05, 0.1) is 24.3 Å². The zero-order valence-electron chi connectivity index (χ0n) is 18.5. The smallest absolute Gasteiger partial charge is 0.238 e. The lowest BCUT2D eigenvalue weighted by Crippen LogP contribution is -2.48. The quantitative estimate of drug-likeness (QED) is 0.0722. The molecule has 0 aromatic heterocycles. The molecule has 0 fully saturated rings. The van der Waals surface area contributed by atoms with Crippen LogP contribution < -0.4 is 21.3 Å². The summed E-state index contributed by atoms with van der Waals surface area (Å²) in [4.78, 5) is 24.6. The van der Waals surface area contributed by atoms with Gasteiger partial charge >= 0.3 is 0 Å². The summed E-state index contributed by atoms with van der Waals surface area (Å²) in [6.45, 7) is 4.66. The van der Waals surface area contributed by atoms with Gasteiger partial charge in [-0.05, 0) is 39.8 Å².